The molecule has 0 atom stereocenters. The Hall–Kier alpha value is -2.94. The van der Waals surface area contributed by atoms with Crippen molar-refractivity contribution in [2.75, 3.05) is 62.3 Å². The average molecular weight is 384 g/mol. The van der Waals surface area contributed by atoms with Gasteiger partial charge in [-0.15, -0.1) is 0 Å². The maximum absolute atomic E-state index is 12.7. The largest absolute Gasteiger partial charge is 0.378 e. The van der Waals surface area contributed by atoms with Gasteiger partial charge in [-0.2, -0.15) is 5.10 Å². The summed E-state index contributed by atoms with van der Waals surface area (Å²) in [4.78, 5) is 35.3. The van der Waals surface area contributed by atoms with E-state index in [1.165, 1.54) is 10.7 Å². The smallest absolute Gasteiger partial charge is 0.267 e. The SMILES string of the molecule is O=C(Cn1nc(N2CCOCC2)ccc1=O)N1CCN(c2ccccn2)CC1. The second-order valence-electron chi connectivity index (χ2n) is 6.84. The first kappa shape index (κ1) is 18.4. The number of carbonyl (C=O) groups excluding carboxylic acids is 1. The van der Waals surface area contributed by atoms with Gasteiger partial charge < -0.3 is 19.4 Å². The van der Waals surface area contributed by atoms with Gasteiger partial charge >= 0.3 is 0 Å². The van der Waals surface area contributed by atoms with Gasteiger partial charge in [-0.3, -0.25) is 9.59 Å². The van der Waals surface area contributed by atoms with Gasteiger partial charge in [0.1, 0.15) is 18.2 Å². The number of pyridine rings is 1. The number of aromatic nitrogens is 3. The fraction of sp³-hybridized carbons (Fsp3) is 0.474. The molecule has 0 aliphatic carbocycles. The first-order chi connectivity index (χ1) is 13.7. The first-order valence-electron chi connectivity index (χ1n) is 9.55. The van der Waals surface area contributed by atoms with Crippen LogP contribution in [0.2, 0.25) is 0 Å². The van der Waals surface area contributed by atoms with Gasteiger partial charge in [0, 0.05) is 51.5 Å². The Morgan fingerprint density at radius 3 is 2.39 bits per heavy atom. The zero-order valence-corrected chi connectivity index (χ0v) is 15.7. The molecule has 9 nitrogen and oxygen atoms in total. The second kappa shape index (κ2) is 8.39. The lowest BCUT2D eigenvalue weighted by molar-refractivity contribution is -0.132. The fourth-order valence-corrected chi connectivity index (χ4v) is 3.47. The summed E-state index contributed by atoms with van der Waals surface area (Å²) in [5.74, 6) is 1.54. The van der Waals surface area contributed by atoms with Crippen LogP contribution in [0.3, 0.4) is 0 Å². The summed E-state index contributed by atoms with van der Waals surface area (Å²) >= 11 is 0. The number of hydrogen-bond donors (Lipinski definition) is 0. The summed E-state index contributed by atoms with van der Waals surface area (Å²) in [5, 5.41) is 4.40. The van der Waals surface area contributed by atoms with E-state index in [0.717, 1.165) is 32.0 Å². The minimum atomic E-state index is -0.266. The Morgan fingerprint density at radius 1 is 0.929 bits per heavy atom. The molecular formula is C19H24N6O3. The van der Waals surface area contributed by atoms with Gasteiger partial charge in [-0.05, 0) is 18.2 Å². The number of carbonyl (C=O) groups is 1. The Labute approximate surface area is 163 Å². The fourth-order valence-electron chi connectivity index (χ4n) is 3.47. The molecule has 4 rings (SSSR count). The number of nitrogens with zero attached hydrogens (tertiary/aromatic N) is 6. The molecule has 28 heavy (non-hydrogen) atoms. The molecule has 2 aromatic rings. The number of anilines is 2. The van der Waals surface area contributed by atoms with E-state index in [9.17, 15) is 9.59 Å². The highest BCUT2D eigenvalue weighted by Gasteiger charge is 2.23. The van der Waals surface area contributed by atoms with E-state index in [4.69, 9.17) is 4.74 Å². The topological polar surface area (TPSA) is 83.8 Å². The van der Waals surface area contributed by atoms with Crippen LogP contribution in [0.5, 0.6) is 0 Å². The maximum atomic E-state index is 12.7. The summed E-state index contributed by atoms with van der Waals surface area (Å²) in [7, 11) is 0. The number of morpholine rings is 1. The van der Waals surface area contributed by atoms with Crippen molar-refractivity contribution in [3.05, 3.63) is 46.9 Å². The van der Waals surface area contributed by atoms with Crippen molar-refractivity contribution in [2.45, 2.75) is 6.54 Å². The Balaban J connectivity index is 1.38. The van der Waals surface area contributed by atoms with E-state index < -0.39 is 0 Å². The lowest BCUT2D eigenvalue weighted by atomic mass is 10.3. The number of amides is 1. The van der Waals surface area contributed by atoms with Crippen molar-refractivity contribution >= 4 is 17.5 Å². The van der Waals surface area contributed by atoms with Gasteiger partial charge in [-0.25, -0.2) is 9.67 Å². The molecular weight excluding hydrogens is 360 g/mol. The third kappa shape index (κ3) is 4.14. The number of piperazine rings is 1. The van der Waals surface area contributed by atoms with Crippen LogP contribution in [0.1, 0.15) is 0 Å². The molecule has 1 amide bonds. The number of rotatable bonds is 4. The lowest BCUT2D eigenvalue weighted by Gasteiger charge is -2.35. The van der Waals surface area contributed by atoms with Crippen molar-refractivity contribution in [3.63, 3.8) is 0 Å². The molecule has 2 saturated heterocycles. The molecule has 0 saturated carbocycles. The van der Waals surface area contributed by atoms with E-state index in [1.54, 1.807) is 17.2 Å². The van der Waals surface area contributed by atoms with Crippen molar-refractivity contribution in [1.29, 1.82) is 0 Å². The molecule has 0 aromatic carbocycles. The monoisotopic (exact) mass is 384 g/mol. The van der Waals surface area contributed by atoms with E-state index in [1.807, 2.05) is 18.2 Å². The lowest BCUT2D eigenvalue weighted by Crippen LogP contribution is -2.50. The summed E-state index contributed by atoms with van der Waals surface area (Å²) in [6.07, 6.45) is 1.77. The van der Waals surface area contributed by atoms with Gasteiger partial charge in [0.15, 0.2) is 0 Å². The number of hydrogen-bond acceptors (Lipinski definition) is 7. The Kier molecular flexibility index (Phi) is 5.52. The van der Waals surface area contributed by atoms with E-state index in [-0.39, 0.29) is 18.0 Å². The van der Waals surface area contributed by atoms with Crippen LogP contribution in [0.4, 0.5) is 11.6 Å². The molecule has 0 N–H and O–H groups in total. The molecule has 0 unspecified atom stereocenters. The summed E-state index contributed by atoms with van der Waals surface area (Å²) in [6, 6.07) is 9.00. The molecule has 0 spiro atoms. The predicted octanol–water partition coefficient (Wildman–Crippen LogP) is -0.176. The molecule has 2 aliphatic rings. The van der Waals surface area contributed by atoms with Gasteiger partial charge in [0.2, 0.25) is 5.91 Å². The standard InChI is InChI=1S/C19H24N6O3/c26-18-5-4-17(23-11-13-28-14-12-23)21-25(18)15-19(27)24-9-7-22(8-10-24)16-3-1-2-6-20-16/h1-6H,7-15H2. The highest BCUT2D eigenvalue weighted by atomic mass is 16.5. The predicted molar refractivity (Wildman–Crippen MR) is 105 cm³/mol. The van der Waals surface area contributed by atoms with Crippen molar-refractivity contribution < 1.29 is 9.53 Å². The van der Waals surface area contributed by atoms with Crippen molar-refractivity contribution in [2.24, 2.45) is 0 Å². The van der Waals surface area contributed by atoms with Crippen LogP contribution in [0, 0.1) is 0 Å². The van der Waals surface area contributed by atoms with Gasteiger partial charge in [0.05, 0.1) is 13.2 Å². The van der Waals surface area contributed by atoms with E-state index in [0.29, 0.717) is 32.1 Å². The molecule has 0 bridgehead atoms. The highest BCUT2D eigenvalue weighted by Crippen LogP contribution is 2.13. The maximum Gasteiger partial charge on any atom is 0.267 e. The molecule has 2 aliphatic heterocycles. The third-order valence-electron chi connectivity index (χ3n) is 5.08. The molecule has 4 heterocycles. The molecule has 2 aromatic heterocycles. The van der Waals surface area contributed by atoms with Crippen LogP contribution >= 0.6 is 0 Å². The first-order valence-corrected chi connectivity index (χ1v) is 9.55. The zero-order chi connectivity index (χ0) is 19.3. The average Bonchev–Trinajstić information content (AvgIpc) is 2.76. The molecule has 0 radical (unpaired) electrons. The quantitative estimate of drug-likeness (QED) is 0.723. The summed E-state index contributed by atoms with van der Waals surface area (Å²) < 4.78 is 6.61. The minimum Gasteiger partial charge on any atom is -0.378 e. The molecule has 2 fully saturated rings. The van der Waals surface area contributed by atoms with Gasteiger partial charge in [-0.1, -0.05) is 6.07 Å². The zero-order valence-electron chi connectivity index (χ0n) is 15.7. The number of ether oxygens (including phenoxy) is 1. The Bertz CT molecular complexity index is 857. The molecule has 148 valence electrons. The van der Waals surface area contributed by atoms with E-state index in [2.05, 4.69) is 19.9 Å². The van der Waals surface area contributed by atoms with Crippen molar-refractivity contribution in [1.82, 2.24) is 19.7 Å². The van der Waals surface area contributed by atoms with E-state index >= 15 is 0 Å². The third-order valence-corrected chi connectivity index (χ3v) is 5.08. The Morgan fingerprint density at radius 2 is 1.68 bits per heavy atom. The minimum absolute atomic E-state index is 0.0411. The normalized spacial score (nSPS) is 17.6. The summed E-state index contributed by atoms with van der Waals surface area (Å²) in [5.41, 5.74) is -0.266. The molecule has 9 heteroatoms. The van der Waals surface area contributed by atoms with Crippen LogP contribution in [-0.2, 0) is 16.1 Å². The van der Waals surface area contributed by atoms with Crippen LogP contribution < -0.4 is 15.4 Å². The van der Waals surface area contributed by atoms with Crippen LogP contribution in [0.15, 0.2) is 41.3 Å². The second-order valence-corrected chi connectivity index (χ2v) is 6.84. The summed E-state index contributed by atoms with van der Waals surface area (Å²) in [6.45, 7) is 5.35. The highest BCUT2D eigenvalue weighted by molar-refractivity contribution is 5.76. The van der Waals surface area contributed by atoms with Crippen molar-refractivity contribution in [3.8, 4) is 0 Å². The van der Waals surface area contributed by atoms with Crippen LogP contribution in [-0.4, -0.2) is 78.1 Å². The van der Waals surface area contributed by atoms with Crippen LogP contribution in [0.25, 0.3) is 0 Å². The van der Waals surface area contributed by atoms with Gasteiger partial charge in [0.25, 0.3) is 5.56 Å².